The van der Waals surface area contributed by atoms with Crippen molar-refractivity contribution in [1.82, 2.24) is 9.97 Å². The molecule has 3 aromatic rings. The van der Waals surface area contributed by atoms with Crippen LogP contribution < -0.4 is 10.1 Å². The summed E-state index contributed by atoms with van der Waals surface area (Å²) < 4.78 is 5.22. The van der Waals surface area contributed by atoms with E-state index in [4.69, 9.17) is 4.74 Å². The maximum absolute atomic E-state index is 12.5. The molecule has 1 N–H and O–H groups in total. The lowest BCUT2D eigenvalue weighted by Crippen LogP contribution is -2.16. The van der Waals surface area contributed by atoms with Crippen molar-refractivity contribution in [3.8, 4) is 5.88 Å². The zero-order valence-electron chi connectivity index (χ0n) is 13.3. The summed E-state index contributed by atoms with van der Waals surface area (Å²) in [7, 11) is 1.48. The molecule has 0 aliphatic heterocycles. The first-order valence-electron chi connectivity index (χ1n) is 7.28. The molecule has 0 aliphatic rings. The fraction of sp³-hybridized carbons (Fsp3) is 0.167. The second kappa shape index (κ2) is 6.04. The number of aromatic nitrogens is 2. The van der Waals surface area contributed by atoms with E-state index in [0.717, 1.165) is 11.3 Å². The molecule has 0 spiro atoms. The summed E-state index contributed by atoms with van der Waals surface area (Å²) in [4.78, 5) is 21.3. The molecule has 23 heavy (non-hydrogen) atoms. The number of carbonyl (C=O) groups excluding carboxylic acids is 1. The van der Waals surface area contributed by atoms with Crippen molar-refractivity contribution in [3.63, 3.8) is 0 Å². The van der Waals surface area contributed by atoms with E-state index < -0.39 is 0 Å². The fourth-order valence-corrected chi connectivity index (χ4v) is 2.28. The Balaban J connectivity index is 1.97. The molecule has 1 heterocycles. The van der Waals surface area contributed by atoms with Gasteiger partial charge in [0.15, 0.2) is 5.69 Å². The highest BCUT2D eigenvalue weighted by molar-refractivity contribution is 6.05. The van der Waals surface area contributed by atoms with Crippen molar-refractivity contribution in [2.75, 3.05) is 12.4 Å². The largest absolute Gasteiger partial charge is 0.479 e. The molecular formula is C18H17N3O2. The third-order valence-corrected chi connectivity index (χ3v) is 3.71. The topological polar surface area (TPSA) is 64.1 Å². The van der Waals surface area contributed by atoms with Gasteiger partial charge in [0, 0.05) is 5.69 Å². The standard InChI is InChI=1S/C18H17N3O2/c1-11-8-9-13(10-12(11)2)19-17(22)16-18(23-3)21-15-7-5-4-6-14(15)20-16/h4-10H,1-3H3,(H,19,22). The molecule has 3 rings (SSSR count). The van der Waals surface area contributed by atoms with Gasteiger partial charge in [-0.3, -0.25) is 4.79 Å². The normalized spacial score (nSPS) is 10.6. The van der Waals surface area contributed by atoms with E-state index >= 15 is 0 Å². The van der Waals surface area contributed by atoms with Crippen molar-refractivity contribution >= 4 is 22.6 Å². The number of aryl methyl sites for hydroxylation is 2. The van der Waals surface area contributed by atoms with Crippen LogP contribution in [0, 0.1) is 13.8 Å². The molecule has 0 atom stereocenters. The van der Waals surface area contributed by atoms with E-state index in [2.05, 4.69) is 15.3 Å². The Hall–Kier alpha value is -2.95. The number of fused-ring (bicyclic) bond motifs is 1. The van der Waals surface area contributed by atoms with Gasteiger partial charge >= 0.3 is 0 Å². The summed E-state index contributed by atoms with van der Waals surface area (Å²) >= 11 is 0. The highest BCUT2D eigenvalue weighted by Crippen LogP contribution is 2.21. The molecule has 0 aliphatic carbocycles. The Bertz CT molecular complexity index is 891. The number of ether oxygens (including phenoxy) is 1. The summed E-state index contributed by atoms with van der Waals surface area (Å²) in [5, 5.41) is 2.84. The predicted octanol–water partition coefficient (Wildman–Crippen LogP) is 3.51. The number of carbonyl (C=O) groups is 1. The van der Waals surface area contributed by atoms with Crippen molar-refractivity contribution in [2.24, 2.45) is 0 Å². The van der Waals surface area contributed by atoms with Gasteiger partial charge in [-0.15, -0.1) is 0 Å². The van der Waals surface area contributed by atoms with Gasteiger partial charge in [-0.1, -0.05) is 18.2 Å². The third-order valence-electron chi connectivity index (χ3n) is 3.71. The molecule has 1 amide bonds. The molecule has 116 valence electrons. The number of hydrogen-bond donors (Lipinski definition) is 1. The summed E-state index contributed by atoms with van der Waals surface area (Å²) in [6, 6.07) is 13.1. The smallest absolute Gasteiger partial charge is 0.279 e. The molecule has 0 bridgehead atoms. The van der Waals surface area contributed by atoms with Gasteiger partial charge in [0.1, 0.15) is 0 Å². The van der Waals surface area contributed by atoms with Crippen LogP contribution in [0.2, 0.25) is 0 Å². The number of methoxy groups -OCH3 is 1. The maximum Gasteiger partial charge on any atom is 0.279 e. The van der Waals surface area contributed by atoms with E-state index in [1.807, 2.05) is 56.3 Å². The van der Waals surface area contributed by atoms with Gasteiger partial charge < -0.3 is 10.1 Å². The Labute approximate surface area is 134 Å². The Kier molecular flexibility index (Phi) is 3.93. The number of para-hydroxylation sites is 2. The number of hydrogen-bond acceptors (Lipinski definition) is 4. The van der Waals surface area contributed by atoms with Gasteiger partial charge in [-0.2, -0.15) is 0 Å². The molecule has 0 unspecified atom stereocenters. The maximum atomic E-state index is 12.5. The number of benzene rings is 2. The Morgan fingerprint density at radius 2 is 1.70 bits per heavy atom. The van der Waals surface area contributed by atoms with E-state index in [1.165, 1.54) is 12.7 Å². The van der Waals surface area contributed by atoms with Crippen LogP contribution in [0.25, 0.3) is 11.0 Å². The van der Waals surface area contributed by atoms with Crippen LogP contribution in [0.5, 0.6) is 5.88 Å². The van der Waals surface area contributed by atoms with Crippen molar-refractivity contribution in [2.45, 2.75) is 13.8 Å². The lowest BCUT2D eigenvalue weighted by molar-refractivity contribution is 0.101. The van der Waals surface area contributed by atoms with Gasteiger partial charge in [0.05, 0.1) is 18.1 Å². The molecule has 2 aromatic carbocycles. The quantitative estimate of drug-likeness (QED) is 0.804. The highest BCUT2D eigenvalue weighted by Gasteiger charge is 2.17. The molecule has 0 fully saturated rings. The molecule has 5 heteroatoms. The van der Waals surface area contributed by atoms with Crippen LogP contribution in [0.15, 0.2) is 42.5 Å². The minimum Gasteiger partial charge on any atom is -0.479 e. The Morgan fingerprint density at radius 3 is 2.35 bits per heavy atom. The zero-order chi connectivity index (χ0) is 16.4. The van der Waals surface area contributed by atoms with Crippen molar-refractivity contribution < 1.29 is 9.53 Å². The second-order valence-corrected chi connectivity index (χ2v) is 5.32. The molecule has 0 saturated heterocycles. The number of nitrogens with one attached hydrogen (secondary N) is 1. The first-order chi connectivity index (χ1) is 11.1. The van der Waals surface area contributed by atoms with Crippen LogP contribution in [0.3, 0.4) is 0 Å². The number of amides is 1. The van der Waals surface area contributed by atoms with Gasteiger partial charge in [0.2, 0.25) is 5.88 Å². The van der Waals surface area contributed by atoms with Crippen molar-refractivity contribution in [1.29, 1.82) is 0 Å². The summed E-state index contributed by atoms with van der Waals surface area (Å²) in [5.74, 6) is -0.131. The van der Waals surface area contributed by atoms with Crippen LogP contribution in [-0.2, 0) is 0 Å². The minimum atomic E-state index is -0.344. The SMILES string of the molecule is COc1nc2ccccc2nc1C(=O)Nc1ccc(C)c(C)c1. The number of rotatable bonds is 3. The van der Waals surface area contributed by atoms with Gasteiger partial charge in [0.25, 0.3) is 5.91 Å². The average molecular weight is 307 g/mol. The number of anilines is 1. The summed E-state index contributed by atoms with van der Waals surface area (Å²) in [5.41, 5.74) is 4.51. The first-order valence-corrected chi connectivity index (χ1v) is 7.28. The van der Waals surface area contributed by atoms with E-state index in [9.17, 15) is 4.79 Å². The second-order valence-electron chi connectivity index (χ2n) is 5.32. The van der Waals surface area contributed by atoms with Crippen LogP contribution >= 0.6 is 0 Å². The molecule has 5 nitrogen and oxygen atoms in total. The minimum absolute atomic E-state index is 0.171. The first kappa shape index (κ1) is 15.0. The van der Waals surface area contributed by atoms with Crippen LogP contribution in [0.4, 0.5) is 5.69 Å². The Morgan fingerprint density at radius 1 is 1.00 bits per heavy atom. The van der Waals surface area contributed by atoms with E-state index in [0.29, 0.717) is 11.0 Å². The van der Waals surface area contributed by atoms with Crippen LogP contribution in [-0.4, -0.2) is 23.0 Å². The molecule has 1 aromatic heterocycles. The van der Waals surface area contributed by atoms with Crippen molar-refractivity contribution in [3.05, 3.63) is 59.3 Å². The lowest BCUT2D eigenvalue weighted by atomic mass is 10.1. The number of nitrogens with zero attached hydrogens (tertiary/aromatic N) is 2. The molecule has 0 radical (unpaired) electrons. The predicted molar refractivity (Wildman–Crippen MR) is 90.0 cm³/mol. The lowest BCUT2D eigenvalue weighted by Gasteiger charge is -2.10. The fourth-order valence-electron chi connectivity index (χ4n) is 2.28. The third kappa shape index (κ3) is 2.99. The monoisotopic (exact) mass is 307 g/mol. The highest BCUT2D eigenvalue weighted by atomic mass is 16.5. The summed E-state index contributed by atoms with van der Waals surface area (Å²) in [6.07, 6.45) is 0. The van der Waals surface area contributed by atoms with Crippen LogP contribution in [0.1, 0.15) is 21.6 Å². The van der Waals surface area contributed by atoms with E-state index in [-0.39, 0.29) is 17.5 Å². The summed E-state index contributed by atoms with van der Waals surface area (Å²) in [6.45, 7) is 4.03. The average Bonchev–Trinajstić information content (AvgIpc) is 2.57. The molecule has 0 saturated carbocycles. The van der Waals surface area contributed by atoms with E-state index in [1.54, 1.807) is 0 Å². The molecular weight excluding hydrogens is 290 g/mol. The van der Waals surface area contributed by atoms with Gasteiger partial charge in [-0.05, 0) is 49.2 Å². The van der Waals surface area contributed by atoms with Gasteiger partial charge in [-0.25, -0.2) is 9.97 Å². The zero-order valence-corrected chi connectivity index (χ0v) is 13.3.